The van der Waals surface area contributed by atoms with Gasteiger partial charge in [0.25, 0.3) is 0 Å². The number of fused-ring (bicyclic) bond motifs is 1. The Bertz CT molecular complexity index is 822. The molecule has 22 heavy (non-hydrogen) atoms. The fraction of sp³-hybridized carbons (Fsp3) is 0.294. The van der Waals surface area contributed by atoms with Crippen LogP contribution < -0.4 is 10.1 Å². The number of benzene rings is 1. The van der Waals surface area contributed by atoms with E-state index in [1.165, 1.54) is 24.0 Å². The van der Waals surface area contributed by atoms with Gasteiger partial charge in [-0.25, -0.2) is 9.97 Å². The SMILES string of the molecule is COc1ccc(-c2csc3nc(C)nc(NC4CC4)c23)cc1. The number of hydrogen-bond donors (Lipinski definition) is 1. The minimum absolute atomic E-state index is 0.570. The van der Waals surface area contributed by atoms with Crippen molar-refractivity contribution >= 4 is 27.4 Å². The summed E-state index contributed by atoms with van der Waals surface area (Å²) in [6.07, 6.45) is 2.46. The summed E-state index contributed by atoms with van der Waals surface area (Å²) in [4.78, 5) is 10.3. The lowest BCUT2D eigenvalue weighted by molar-refractivity contribution is 0.415. The molecule has 112 valence electrons. The Balaban J connectivity index is 1.85. The van der Waals surface area contributed by atoms with Gasteiger partial charge in [0.15, 0.2) is 0 Å². The highest BCUT2D eigenvalue weighted by atomic mass is 32.1. The summed E-state index contributed by atoms with van der Waals surface area (Å²) in [6.45, 7) is 1.95. The average molecular weight is 311 g/mol. The molecule has 0 bridgehead atoms. The highest BCUT2D eigenvalue weighted by Gasteiger charge is 2.24. The molecule has 0 amide bonds. The average Bonchev–Trinajstić information content (AvgIpc) is 3.24. The van der Waals surface area contributed by atoms with Crippen LogP contribution in [0.3, 0.4) is 0 Å². The fourth-order valence-corrected chi connectivity index (χ4v) is 3.55. The van der Waals surface area contributed by atoms with E-state index < -0.39 is 0 Å². The normalized spacial score (nSPS) is 14.3. The van der Waals surface area contributed by atoms with E-state index in [-0.39, 0.29) is 0 Å². The van der Waals surface area contributed by atoms with E-state index in [9.17, 15) is 0 Å². The molecule has 1 saturated carbocycles. The number of methoxy groups -OCH3 is 1. The Hall–Kier alpha value is -2.14. The summed E-state index contributed by atoms with van der Waals surface area (Å²) in [6, 6.07) is 8.72. The van der Waals surface area contributed by atoms with Crippen LogP contribution in [0.1, 0.15) is 18.7 Å². The maximum Gasteiger partial charge on any atom is 0.139 e. The number of aromatic nitrogens is 2. The maximum atomic E-state index is 5.24. The molecule has 4 rings (SSSR count). The molecule has 0 unspecified atom stereocenters. The second-order valence-electron chi connectivity index (χ2n) is 5.60. The molecule has 3 aromatic rings. The summed E-state index contributed by atoms with van der Waals surface area (Å²) >= 11 is 1.67. The molecule has 4 nitrogen and oxygen atoms in total. The van der Waals surface area contributed by atoms with Crippen LogP contribution in [0.5, 0.6) is 5.75 Å². The molecule has 1 N–H and O–H groups in total. The predicted octanol–water partition coefficient (Wildman–Crippen LogP) is 4.25. The molecule has 0 radical (unpaired) electrons. The van der Waals surface area contributed by atoms with Gasteiger partial charge in [-0.2, -0.15) is 0 Å². The van der Waals surface area contributed by atoms with Gasteiger partial charge in [0, 0.05) is 17.0 Å². The smallest absolute Gasteiger partial charge is 0.139 e. The highest BCUT2D eigenvalue weighted by molar-refractivity contribution is 7.17. The molecule has 0 atom stereocenters. The topological polar surface area (TPSA) is 47.0 Å². The summed E-state index contributed by atoms with van der Waals surface area (Å²) in [5.74, 6) is 2.66. The van der Waals surface area contributed by atoms with Crippen LogP contribution in [0.2, 0.25) is 0 Å². The summed E-state index contributed by atoms with van der Waals surface area (Å²) in [5, 5.41) is 6.85. The van der Waals surface area contributed by atoms with E-state index >= 15 is 0 Å². The van der Waals surface area contributed by atoms with Crippen molar-refractivity contribution in [2.24, 2.45) is 0 Å². The number of rotatable bonds is 4. The first kappa shape index (κ1) is 13.5. The Morgan fingerprint density at radius 3 is 2.64 bits per heavy atom. The van der Waals surface area contributed by atoms with Crippen LogP contribution in [-0.2, 0) is 0 Å². The van der Waals surface area contributed by atoms with Crippen molar-refractivity contribution in [1.29, 1.82) is 0 Å². The van der Waals surface area contributed by atoms with Crippen molar-refractivity contribution in [1.82, 2.24) is 9.97 Å². The van der Waals surface area contributed by atoms with Gasteiger partial charge in [-0.05, 0) is 37.5 Å². The van der Waals surface area contributed by atoms with Gasteiger partial charge in [0.2, 0.25) is 0 Å². The molecule has 1 fully saturated rings. The van der Waals surface area contributed by atoms with Crippen molar-refractivity contribution in [3.05, 3.63) is 35.5 Å². The molecular weight excluding hydrogens is 294 g/mol. The predicted molar refractivity (Wildman–Crippen MR) is 90.8 cm³/mol. The van der Waals surface area contributed by atoms with Crippen LogP contribution in [0, 0.1) is 6.92 Å². The fourth-order valence-electron chi connectivity index (χ4n) is 2.56. The van der Waals surface area contributed by atoms with E-state index in [1.54, 1.807) is 18.4 Å². The first-order valence-corrected chi connectivity index (χ1v) is 8.29. The summed E-state index contributed by atoms with van der Waals surface area (Å²) in [7, 11) is 1.68. The van der Waals surface area contributed by atoms with E-state index in [2.05, 4.69) is 32.8 Å². The number of hydrogen-bond acceptors (Lipinski definition) is 5. The van der Waals surface area contributed by atoms with Crippen LogP contribution in [-0.4, -0.2) is 23.1 Å². The number of aryl methyl sites for hydroxylation is 1. The van der Waals surface area contributed by atoms with E-state index in [4.69, 9.17) is 4.74 Å². The van der Waals surface area contributed by atoms with Crippen molar-refractivity contribution in [3.8, 4) is 16.9 Å². The molecular formula is C17H17N3OS. The van der Waals surface area contributed by atoms with Crippen LogP contribution in [0.25, 0.3) is 21.3 Å². The zero-order chi connectivity index (χ0) is 15.1. The minimum atomic E-state index is 0.570. The molecule has 0 spiro atoms. The van der Waals surface area contributed by atoms with Crippen molar-refractivity contribution in [2.75, 3.05) is 12.4 Å². The highest BCUT2D eigenvalue weighted by Crippen LogP contribution is 2.38. The van der Waals surface area contributed by atoms with Crippen LogP contribution in [0.4, 0.5) is 5.82 Å². The molecule has 1 aliphatic rings. The zero-order valence-corrected chi connectivity index (χ0v) is 13.4. The van der Waals surface area contributed by atoms with Gasteiger partial charge in [0.1, 0.15) is 22.2 Å². The monoisotopic (exact) mass is 311 g/mol. The lowest BCUT2D eigenvalue weighted by Gasteiger charge is -2.09. The van der Waals surface area contributed by atoms with Crippen molar-refractivity contribution < 1.29 is 4.74 Å². The zero-order valence-electron chi connectivity index (χ0n) is 12.6. The molecule has 0 aliphatic heterocycles. The van der Waals surface area contributed by atoms with Gasteiger partial charge in [-0.15, -0.1) is 11.3 Å². The van der Waals surface area contributed by atoms with Gasteiger partial charge in [-0.1, -0.05) is 12.1 Å². The quantitative estimate of drug-likeness (QED) is 0.782. The third-order valence-electron chi connectivity index (χ3n) is 3.86. The minimum Gasteiger partial charge on any atom is -0.497 e. The van der Waals surface area contributed by atoms with Crippen LogP contribution in [0.15, 0.2) is 29.6 Å². The number of ether oxygens (including phenoxy) is 1. The molecule has 2 aromatic heterocycles. The second-order valence-corrected chi connectivity index (χ2v) is 6.45. The van der Waals surface area contributed by atoms with Crippen molar-refractivity contribution in [2.45, 2.75) is 25.8 Å². The number of thiophene rings is 1. The van der Waals surface area contributed by atoms with Gasteiger partial charge >= 0.3 is 0 Å². The van der Waals surface area contributed by atoms with Gasteiger partial charge in [0.05, 0.1) is 12.5 Å². The number of anilines is 1. The van der Waals surface area contributed by atoms with Crippen molar-refractivity contribution in [3.63, 3.8) is 0 Å². The maximum absolute atomic E-state index is 5.24. The largest absolute Gasteiger partial charge is 0.497 e. The van der Waals surface area contributed by atoms with Gasteiger partial charge < -0.3 is 10.1 Å². The molecule has 0 saturated heterocycles. The lowest BCUT2D eigenvalue weighted by atomic mass is 10.1. The molecule has 5 heteroatoms. The van der Waals surface area contributed by atoms with E-state index in [1.807, 2.05) is 19.1 Å². The van der Waals surface area contributed by atoms with Crippen LogP contribution >= 0.6 is 11.3 Å². The Kier molecular flexibility index (Phi) is 3.22. The third kappa shape index (κ3) is 2.41. The molecule has 1 aliphatic carbocycles. The molecule has 2 heterocycles. The summed E-state index contributed by atoms with van der Waals surface area (Å²) in [5.41, 5.74) is 2.35. The Morgan fingerprint density at radius 2 is 1.95 bits per heavy atom. The van der Waals surface area contributed by atoms with Gasteiger partial charge in [-0.3, -0.25) is 0 Å². The summed E-state index contributed by atoms with van der Waals surface area (Å²) < 4.78 is 5.24. The standard InChI is InChI=1S/C17H17N3OS/c1-10-18-16(20-12-5-6-12)15-14(9-22-17(15)19-10)11-3-7-13(21-2)8-4-11/h3-4,7-9,12H,5-6H2,1-2H3,(H,18,19,20). The third-order valence-corrected chi connectivity index (χ3v) is 4.74. The molecule has 1 aromatic carbocycles. The van der Waals surface area contributed by atoms with E-state index in [0.29, 0.717) is 6.04 Å². The Labute approximate surface area is 133 Å². The number of nitrogens with one attached hydrogen (secondary N) is 1. The van der Waals surface area contributed by atoms with E-state index in [0.717, 1.165) is 27.6 Å². The number of nitrogens with zero attached hydrogens (tertiary/aromatic N) is 2. The first-order valence-electron chi connectivity index (χ1n) is 7.41. The lowest BCUT2D eigenvalue weighted by Crippen LogP contribution is -2.05. The first-order chi connectivity index (χ1) is 10.7. The second kappa shape index (κ2) is 5.25. The Morgan fingerprint density at radius 1 is 1.18 bits per heavy atom.